The highest BCUT2D eigenvalue weighted by molar-refractivity contribution is 5.91. The van der Waals surface area contributed by atoms with Crippen LogP contribution in [0.2, 0.25) is 0 Å². The van der Waals surface area contributed by atoms with Crippen molar-refractivity contribution >= 4 is 5.91 Å². The van der Waals surface area contributed by atoms with Crippen molar-refractivity contribution in [2.45, 2.75) is 43.6 Å². The van der Waals surface area contributed by atoms with Crippen molar-refractivity contribution in [3.63, 3.8) is 0 Å². The number of rotatable bonds is 5. The molecule has 5 nitrogen and oxygen atoms in total. The van der Waals surface area contributed by atoms with Crippen molar-refractivity contribution in [3.05, 3.63) is 42.0 Å². The van der Waals surface area contributed by atoms with Gasteiger partial charge < -0.3 is 5.32 Å². The number of aromatic nitrogens is 3. The molecule has 0 atom stereocenters. The minimum Gasteiger partial charge on any atom is -0.338 e. The van der Waals surface area contributed by atoms with Crippen LogP contribution in [0.5, 0.6) is 0 Å². The summed E-state index contributed by atoms with van der Waals surface area (Å²) in [6.45, 7) is 0. The molecule has 1 amide bonds. The molecular weight excluding hydrogens is 302 g/mol. The standard InChI is InChI=1S/C16H16F2N4O/c17-15(18)16(8-9-16)20-14(23)12-19-13(10-6-7-10)22(21-12)11-4-2-1-3-5-11/h1-5,10,15H,6-9H2,(H,20,23). The number of hydrogen-bond donors (Lipinski definition) is 1. The third-order valence-corrected chi connectivity index (χ3v) is 4.35. The summed E-state index contributed by atoms with van der Waals surface area (Å²) in [4.78, 5) is 16.6. The zero-order chi connectivity index (χ0) is 16.0. The maximum atomic E-state index is 13.0. The van der Waals surface area contributed by atoms with Crippen LogP contribution in [0.3, 0.4) is 0 Å². The van der Waals surface area contributed by atoms with E-state index in [-0.39, 0.29) is 11.7 Å². The molecule has 23 heavy (non-hydrogen) atoms. The highest BCUT2D eigenvalue weighted by Gasteiger charge is 2.52. The van der Waals surface area contributed by atoms with Crippen molar-refractivity contribution in [3.8, 4) is 5.69 Å². The highest BCUT2D eigenvalue weighted by Crippen LogP contribution is 2.42. The van der Waals surface area contributed by atoms with E-state index < -0.39 is 17.9 Å². The fraction of sp³-hybridized carbons (Fsp3) is 0.438. The molecule has 1 heterocycles. The molecule has 1 N–H and O–H groups in total. The molecule has 1 aromatic carbocycles. The van der Waals surface area contributed by atoms with E-state index in [4.69, 9.17) is 0 Å². The van der Waals surface area contributed by atoms with Crippen molar-refractivity contribution in [1.29, 1.82) is 0 Å². The van der Waals surface area contributed by atoms with E-state index >= 15 is 0 Å². The number of halogens is 2. The Balaban J connectivity index is 1.64. The van der Waals surface area contributed by atoms with Gasteiger partial charge in [0.25, 0.3) is 12.3 Å². The summed E-state index contributed by atoms with van der Waals surface area (Å²) < 4.78 is 27.6. The first-order valence-electron chi connectivity index (χ1n) is 7.72. The Kier molecular flexibility index (Phi) is 3.18. The topological polar surface area (TPSA) is 59.8 Å². The lowest BCUT2D eigenvalue weighted by Crippen LogP contribution is -2.42. The Morgan fingerprint density at radius 1 is 1.26 bits per heavy atom. The quantitative estimate of drug-likeness (QED) is 0.922. The predicted molar refractivity (Wildman–Crippen MR) is 78.8 cm³/mol. The van der Waals surface area contributed by atoms with E-state index in [1.54, 1.807) is 4.68 Å². The van der Waals surface area contributed by atoms with Crippen molar-refractivity contribution in [2.24, 2.45) is 0 Å². The van der Waals surface area contributed by atoms with Crippen LogP contribution in [0.25, 0.3) is 5.69 Å². The molecule has 2 saturated carbocycles. The van der Waals surface area contributed by atoms with Gasteiger partial charge >= 0.3 is 0 Å². The van der Waals surface area contributed by atoms with Crippen LogP contribution >= 0.6 is 0 Å². The van der Waals surface area contributed by atoms with Crippen LogP contribution in [0.1, 0.15) is 48.0 Å². The largest absolute Gasteiger partial charge is 0.338 e. The van der Waals surface area contributed by atoms with Crippen LogP contribution in [0, 0.1) is 0 Å². The van der Waals surface area contributed by atoms with Gasteiger partial charge in [0.1, 0.15) is 11.4 Å². The lowest BCUT2D eigenvalue weighted by molar-refractivity contribution is 0.0673. The molecule has 2 aromatic rings. The SMILES string of the molecule is O=C(NC1(C(F)F)CC1)c1nc(C2CC2)n(-c2ccccc2)n1. The molecule has 0 bridgehead atoms. The number of amides is 1. The van der Waals surface area contributed by atoms with Gasteiger partial charge in [0.15, 0.2) is 0 Å². The second-order valence-corrected chi connectivity index (χ2v) is 6.23. The second-order valence-electron chi connectivity index (χ2n) is 6.23. The fourth-order valence-corrected chi connectivity index (χ4v) is 2.60. The number of carbonyl (C=O) groups is 1. The van der Waals surface area contributed by atoms with Gasteiger partial charge in [0.2, 0.25) is 5.82 Å². The third-order valence-electron chi connectivity index (χ3n) is 4.35. The van der Waals surface area contributed by atoms with Crippen LogP contribution in [0.4, 0.5) is 8.78 Å². The van der Waals surface area contributed by atoms with Gasteiger partial charge in [-0.15, -0.1) is 5.10 Å². The Labute approximate surface area is 131 Å². The summed E-state index contributed by atoms with van der Waals surface area (Å²) in [6.07, 6.45) is 0.0445. The fourth-order valence-electron chi connectivity index (χ4n) is 2.60. The Hall–Kier alpha value is -2.31. The molecule has 2 aliphatic carbocycles. The maximum absolute atomic E-state index is 13.0. The Morgan fingerprint density at radius 3 is 2.52 bits per heavy atom. The van der Waals surface area contributed by atoms with Crippen molar-refractivity contribution < 1.29 is 13.6 Å². The molecule has 0 spiro atoms. The van der Waals surface area contributed by atoms with Gasteiger partial charge in [-0.05, 0) is 37.8 Å². The molecule has 0 saturated heterocycles. The smallest absolute Gasteiger partial charge is 0.291 e. The summed E-state index contributed by atoms with van der Waals surface area (Å²) in [6, 6.07) is 9.41. The van der Waals surface area contributed by atoms with E-state index in [2.05, 4.69) is 15.4 Å². The number of para-hydroxylation sites is 1. The lowest BCUT2D eigenvalue weighted by Gasteiger charge is -2.14. The molecule has 2 aliphatic rings. The van der Waals surface area contributed by atoms with Gasteiger partial charge in [0.05, 0.1) is 5.69 Å². The van der Waals surface area contributed by atoms with Crippen molar-refractivity contribution in [2.75, 3.05) is 0 Å². The molecule has 0 aliphatic heterocycles. The van der Waals surface area contributed by atoms with Crippen LogP contribution in [-0.2, 0) is 0 Å². The van der Waals surface area contributed by atoms with E-state index in [0.29, 0.717) is 12.8 Å². The first-order chi connectivity index (χ1) is 11.1. The number of nitrogens with zero attached hydrogens (tertiary/aromatic N) is 3. The summed E-state index contributed by atoms with van der Waals surface area (Å²) in [5.41, 5.74) is -0.564. The monoisotopic (exact) mass is 318 g/mol. The average molecular weight is 318 g/mol. The van der Waals surface area contributed by atoms with Gasteiger partial charge in [-0.25, -0.2) is 18.4 Å². The molecule has 0 unspecified atom stereocenters. The average Bonchev–Trinajstić information content (AvgIpc) is 3.47. The van der Waals surface area contributed by atoms with E-state index in [9.17, 15) is 13.6 Å². The Morgan fingerprint density at radius 2 is 1.96 bits per heavy atom. The highest BCUT2D eigenvalue weighted by atomic mass is 19.3. The van der Waals surface area contributed by atoms with Gasteiger partial charge in [-0.2, -0.15) is 0 Å². The van der Waals surface area contributed by atoms with Gasteiger partial charge in [-0.3, -0.25) is 4.79 Å². The molecule has 2 fully saturated rings. The van der Waals surface area contributed by atoms with Crippen LogP contribution < -0.4 is 5.32 Å². The molecule has 1 aromatic heterocycles. The third kappa shape index (κ3) is 2.60. The summed E-state index contributed by atoms with van der Waals surface area (Å²) in [7, 11) is 0. The first-order valence-corrected chi connectivity index (χ1v) is 7.72. The number of alkyl halides is 2. The summed E-state index contributed by atoms with van der Waals surface area (Å²) in [5, 5.41) is 6.67. The normalized spacial score (nSPS) is 18.9. The minimum absolute atomic E-state index is 0.0392. The van der Waals surface area contributed by atoms with E-state index in [1.807, 2.05) is 30.3 Å². The predicted octanol–water partition coefficient (Wildman–Crippen LogP) is 2.67. The molecule has 0 radical (unpaired) electrons. The summed E-state index contributed by atoms with van der Waals surface area (Å²) in [5.74, 6) is 0.347. The van der Waals surface area contributed by atoms with E-state index in [1.165, 1.54) is 0 Å². The van der Waals surface area contributed by atoms with E-state index in [0.717, 1.165) is 24.4 Å². The number of hydrogen-bond acceptors (Lipinski definition) is 3. The maximum Gasteiger partial charge on any atom is 0.291 e. The summed E-state index contributed by atoms with van der Waals surface area (Å²) >= 11 is 0. The molecule has 120 valence electrons. The second kappa shape index (κ2) is 5.11. The zero-order valence-corrected chi connectivity index (χ0v) is 12.4. The first kappa shape index (κ1) is 14.3. The van der Waals surface area contributed by atoms with Gasteiger partial charge in [0, 0.05) is 5.92 Å². The van der Waals surface area contributed by atoms with Gasteiger partial charge in [-0.1, -0.05) is 18.2 Å². The molecule has 7 heteroatoms. The van der Waals surface area contributed by atoms with Crippen molar-refractivity contribution in [1.82, 2.24) is 20.1 Å². The Bertz CT molecular complexity index is 736. The lowest BCUT2D eigenvalue weighted by atomic mass is 10.3. The van der Waals surface area contributed by atoms with Crippen LogP contribution in [-0.4, -0.2) is 32.6 Å². The number of benzene rings is 1. The van der Waals surface area contributed by atoms with Crippen LogP contribution in [0.15, 0.2) is 30.3 Å². The number of nitrogens with one attached hydrogen (secondary N) is 1. The number of carbonyl (C=O) groups excluding carboxylic acids is 1. The zero-order valence-electron chi connectivity index (χ0n) is 12.4. The molecular formula is C16H16F2N4O. The minimum atomic E-state index is -2.56. The molecule has 4 rings (SSSR count).